The molecule has 1 aliphatic heterocycles. The average molecular weight is 843 g/mol. The molecule has 1 saturated heterocycles. The van der Waals surface area contributed by atoms with Crippen LogP contribution in [0.5, 0.6) is 0 Å². The van der Waals surface area contributed by atoms with Crippen molar-refractivity contribution in [1.29, 1.82) is 0 Å². The van der Waals surface area contributed by atoms with Gasteiger partial charge in [-0.25, -0.2) is 19.6 Å². The third-order valence-electron chi connectivity index (χ3n) is 10.6. The highest BCUT2D eigenvalue weighted by atomic mass is 32.1. The molecule has 322 valence electrons. The molecule has 4 N–H and O–H groups in total. The molecule has 1 aliphatic rings. The minimum Gasteiger partial charge on any atom is -0.453 e. The quantitative estimate of drug-likeness (QED) is 0.0835. The molecule has 5 rings (SSSR count). The number of nitrogens with zero attached hydrogens (tertiary/aromatic N) is 5. The van der Waals surface area contributed by atoms with Gasteiger partial charge in [-0.15, -0.1) is 11.3 Å². The molecule has 1 fully saturated rings. The van der Waals surface area contributed by atoms with Crippen LogP contribution in [0.2, 0.25) is 0 Å². The molecule has 0 bridgehead atoms. The SMILES string of the molecule is CC[C@H](C)[C@@H](C(=O)N[C@@H](Cc1ccccc1)[C@@H](O)CN(Cc1ccc(-c2ccccn2)cc1)NC(=O)[C@@H](NC(=O)OC)C(C)C)N1CCN(Cc2csc(COC)n2)C1=O. The second-order valence-corrected chi connectivity index (χ2v) is 16.3. The van der Waals surface area contributed by atoms with Gasteiger partial charge in [0, 0.05) is 50.4 Å². The lowest BCUT2D eigenvalue weighted by Crippen LogP contribution is -2.59. The molecule has 15 nitrogen and oxygen atoms in total. The van der Waals surface area contributed by atoms with Gasteiger partial charge in [-0.05, 0) is 41.5 Å². The van der Waals surface area contributed by atoms with Crippen molar-refractivity contribution in [1.82, 2.24) is 40.8 Å². The number of hydrogen-bond acceptors (Lipinski definition) is 11. The number of nitrogens with one attached hydrogen (secondary N) is 3. The van der Waals surface area contributed by atoms with Crippen LogP contribution in [0.25, 0.3) is 11.3 Å². The minimum absolute atomic E-state index is 0.0995. The summed E-state index contributed by atoms with van der Waals surface area (Å²) in [6.45, 7) is 9.13. The van der Waals surface area contributed by atoms with Gasteiger partial charge in [0.2, 0.25) is 5.91 Å². The zero-order chi connectivity index (χ0) is 43.2. The Morgan fingerprint density at radius 2 is 1.67 bits per heavy atom. The summed E-state index contributed by atoms with van der Waals surface area (Å²) in [6.07, 6.45) is 0.679. The first-order valence-corrected chi connectivity index (χ1v) is 21.2. The van der Waals surface area contributed by atoms with E-state index in [-0.39, 0.29) is 43.3 Å². The van der Waals surface area contributed by atoms with Crippen LogP contribution in [0.1, 0.15) is 55.9 Å². The molecule has 0 radical (unpaired) electrons. The fourth-order valence-electron chi connectivity index (χ4n) is 7.15. The number of rotatable bonds is 21. The van der Waals surface area contributed by atoms with E-state index in [0.29, 0.717) is 32.7 Å². The van der Waals surface area contributed by atoms with Gasteiger partial charge in [-0.1, -0.05) is 94.8 Å². The number of aromatic nitrogens is 2. The van der Waals surface area contributed by atoms with Crippen molar-refractivity contribution in [3.05, 3.63) is 106 Å². The van der Waals surface area contributed by atoms with Crippen LogP contribution >= 0.6 is 11.3 Å². The van der Waals surface area contributed by atoms with Gasteiger partial charge in [0.15, 0.2) is 0 Å². The number of aliphatic hydroxyl groups is 1. The Bertz CT molecular complexity index is 1980. The highest BCUT2D eigenvalue weighted by Crippen LogP contribution is 2.24. The first-order valence-electron chi connectivity index (χ1n) is 20.3. The molecule has 16 heteroatoms. The molecule has 0 spiro atoms. The topological polar surface area (TPSA) is 179 Å². The Morgan fingerprint density at radius 3 is 2.32 bits per heavy atom. The predicted octanol–water partition coefficient (Wildman–Crippen LogP) is 5.01. The van der Waals surface area contributed by atoms with E-state index in [9.17, 15) is 24.3 Å². The Balaban J connectivity index is 1.39. The van der Waals surface area contributed by atoms with Crippen LogP contribution in [-0.4, -0.2) is 112 Å². The van der Waals surface area contributed by atoms with Gasteiger partial charge in [0.25, 0.3) is 5.91 Å². The maximum absolute atomic E-state index is 14.5. The summed E-state index contributed by atoms with van der Waals surface area (Å²) in [6, 6.07) is 20.1. The zero-order valence-electron chi connectivity index (χ0n) is 35.2. The normalized spacial score (nSPS) is 15.4. The maximum atomic E-state index is 14.5. The number of ether oxygens (including phenoxy) is 2. The van der Waals surface area contributed by atoms with E-state index in [4.69, 9.17) is 9.47 Å². The molecule has 4 aromatic rings. The summed E-state index contributed by atoms with van der Waals surface area (Å²) in [5.41, 5.74) is 7.13. The first-order chi connectivity index (χ1) is 28.9. The second kappa shape index (κ2) is 22.3. The second-order valence-electron chi connectivity index (χ2n) is 15.4. The molecular weight excluding hydrogens is 785 g/mol. The number of amides is 5. The maximum Gasteiger partial charge on any atom is 0.407 e. The number of methoxy groups -OCH3 is 2. The van der Waals surface area contributed by atoms with Gasteiger partial charge in [0.05, 0.1) is 43.8 Å². The Hall–Kier alpha value is -5.42. The number of aliphatic hydroxyl groups excluding tert-OH is 1. The average Bonchev–Trinajstić information content (AvgIpc) is 3.85. The fraction of sp³-hybridized carbons (Fsp3) is 0.455. The smallest absolute Gasteiger partial charge is 0.407 e. The van der Waals surface area contributed by atoms with Crippen molar-refractivity contribution in [2.75, 3.05) is 33.9 Å². The zero-order valence-corrected chi connectivity index (χ0v) is 36.1. The summed E-state index contributed by atoms with van der Waals surface area (Å²) >= 11 is 1.48. The van der Waals surface area contributed by atoms with Crippen molar-refractivity contribution >= 4 is 35.3 Å². The molecule has 2 aromatic carbocycles. The van der Waals surface area contributed by atoms with Crippen LogP contribution < -0.4 is 16.1 Å². The Labute approximate surface area is 356 Å². The van der Waals surface area contributed by atoms with E-state index in [0.717, 1.165) is 33.1 Å². The number of thiazole rings is 1. The number of carbonyl (C=O) groups is 4. The lowest BCUT2D eigenvalue weighted by atomic mass is 9.95. The van der Waals surface area contributed by atoms with Crippen LogP contribution in [0.15, 0.2) is 84.4 Å². The molecular formula is C44H58N8O7S. The van der Waals surface area contributed by atoms with Crippen LogP contribution in [0.3, 0.4) is 0 Å². The van der Waals surface area contributed by atoms with E-state index in [2.05, 4.69) is 26.0 Å². The standard InChI is InChI=1S/C44H58N8O7S/c1-7-30(4)40(52-22-21-50(44(52)57)25-34-28-60-38(46-34)27-58-5)42(55)47-36(23-31-13-9-8-10-14-31)37(53)26-51(49-41(54)39(29(2)3)48-43(56)59-6)24-32-16-18-33(19-17-32)35-15-11-12-20-45-35/h8-20,28-30,36-37,39-40,53H,7,21-27H2,1-6H3,(H,47,55)(H,48,56)(H,49,54)/t30-,36-,37-,39-,40-/m0/s1. The van der Waals surface area contributed by atoms with Gasteiger partial charge >= 0.3 is 12.1 Å². The van der Waals surface area contributed by atoms with E-state index in [1.165, 1.54) is 18.4 Å². The fourth-order valence-corrected chi connectivity index (χ4v) is 7.90. The number of carbonyl (C=O) groups excluding carboxylic acids is 4. The number of benzene rings is 2. The summed E-state index contributed by atoms with van der Waals surface area (Å²) in [7, 11) is 2.84. The molecule has 2 aromatic heterocycles. The van der Waals surface area contributed by atoms with Gasteiger partial charge in [-0.2, -0.15) is 0 Å². The van der Waals surface area contributed by atoms with Crippen LogP contribution in [-0.2, 0) is 45.2 Å². The van der Waals surface area contributed by atoms with Crippen molar-refractivity contribution in [2.24, 2.45) is 11.8 Å². The summed E-state index contributed by atoms with van der Waals surface area (Å²) in [4.78, 5) is 66.8. The van der Waals surface area contributed by atoms with Crippen molar-refractivity contribution in [3.8, 4) is 11.3 Å². The number of pyridine rings is 1. The van der Waals surface area contributed by atoms with Gasteiger partial charge in [-0.3, -0.25) is 20.0 Å². The highest BCUT2D eigenvalue weighted by molar-refractivity contribution is 7.09. The molecule has 0 unspecified atom stereocenters. The number of alkyl carbamates (subject to hydrolysis) is 1. The molecule has 0 saturated carbocycles. The van der Waals surface area contributed by atoms with E-state index in [1.54, 1.807) is 42.0 Å². The van der Waals surface area contributed by atoms with E-state index in [1.807, 2.05) is 92.0 Å². The van der Waals surface area contributed by atoms with Gasteiger partial charge < -0.3 is 35.0 Å². The largest absolute Gasteiger partial charge is 0.453 e. The molecule has 0 aliphatic carbocycles. The van der Waals surface area contributed by atoms with Crippen LogP contribution in [0.4, 0.5) is 9.59 Å². The van der Waals surface area contributed by atoms with E-state index < -0.39 is 36.2 Å². The molecule has 5 atom stereocenters. The molecule has 5 amide bonds. The number of hydrazine groups is 1. The highest BCUT2D eigenvalue weighted by Gasteiger charge is 2.41. The summed E-state index contributed by atoms with van der Waals surface area (Å²) in [5, 5.41) is 22.2. The number of hydrogen-bond donors (Lipinski definition) is 4. The van der Waals surface area contributed by atoms with Crippen molar-refractivity contribution < 1.29 is 33.8 Å². The Kier molecular flexibility index (Phi) is 16.9. The van der Waals surface area contributed by atoms with Crippen molar-refractivity contribution in [3.63, 3.8) is 0 Å². The third-order valence-corrected chi connectivity index (χ3v) is 11.5. The van der Waals surface area contributed by atoms with Crippen LogP contribution in [0, 0.1) is 11.8 Å². The molecule has 3 heterocycles. The lowest BCUT2D eigenvalue weighted by molar-refractivity contribution is -0.131. The number of urea groups is 1. The lowest BCUT2D eigenvalue weighted by Gasteiger charge is -2.35. The first kappa shape index (κ1) is 45.7. The predicted molar refractivity (Wildman–Crippen MR) is 229 cm³/mol. The van der Waals surface area contributed by atoms with Crippen molar-refractivity contribution in [2.45, 2.75) is 84.5 Å². The van der Waals surface area contributed by atoms with Gasteiger partial charge in [0.1, 0.15) is 17.1 Å². The summed E-state index contributed by atoms with van der Waals surface area (Å²) < 4.78 is 9.99. The molecule has 60 heavy (non-hydrogen) atoms. The Morgan fingerprint density at radius 1 is 0.933 bits per heavy atom. The minimum atomic E-state index is -1.21. The van der Waals surface area contributed by atoms with E-state index >= 15 is 0 Å². The third kappa shape index (κ3) is 12.5. The monoisotopic (exact) mass is 842 g/mol. The summed E-state index contributed by atoms with van der Waals surface area (Å²) in [5.74, 6) is -1.37.